The number of nitriles is 1. The summed E-state index contributed by atoms with van der Waals surface area (Å²) in [5, 5.41) is 12.8. The molecule has 2 rings (SSSR count). The molecule has 1 atom stereocenters. The van der Waals surface area contributed by atoms with Crippen LogP contribution in [0.25, 0.3) is 0 Å². The number of benzene rings is 1. The minimum atomic E-state index is -0.742. The lowest BCUT2D eigenvalue weighted by molar-refractivity contribution is 0.0156. The molecule has 108 valence electrons. The van der Waals surface area contributed by atoms with Gasteiger partial charge < -0.3 is 4.74 Å². The van der Waals surface area contributed by atoms with E-state index in [1.54, 1.807) is 0 Å². The summed E-state index contributed by atoms with van der Waals surface area (Å²) in [7, 11) is 1.83. The van der Waals surface area contributed by atoms with Crippen molar-refractivity contribution in [1.29, 1.82) is 5.26 Å². The SMILES string of the molecule is CNC(C#N)(COC1CCCCCC1)c1ccccc1. The van der Waals surface area contributed by atoms with Gasteiger partial charge in [0.25, 0.3) is 0 Å². The van der Waals surface area contributed by atoms with E-state index in [-0.39, 0.29) is 0 Å². The standard InChI is InChI=1S/C17H24N2O/c1-19-17(13-18,15-9-5-4-6-10-15)14-20-16-11-7-2-3-8-12-16/h4-6,9-10,16,19H,2-3,7-8,11-12,14H2,1H3. The quantitative estimate of drug-likeness (QED) is 0.836. The van der Waals surface area contributed by atoms with Crippen LogP contribution in [0.15, 0.2) is 30.3 Å². The van der Waals surface area contributed by atoms with Crippen LogP contribution in [0.5, 0.6) is 0 Å². The topological polar surface area (TPSA) is 45.0 Å². The van der Waals surface area contributed by atoms with Crippen LogP contribution in [-0.2, 0) is 10.3 Å². The number of hydrogen-bond acceptors (Lipinski definition) is 3. The molecule has 0 heterocycles. The van der Waals surface area contributed by atoms with Gasteiger partial charge in [0.2, 0.25) is 0 Å². The van der Waals surface area contributed by atoms with Gasteiger partial charge in [-0.1, -0.05) is 56.0 Å². The maximum absolute atomic E-state index is 9.62. The number of nitrogens with zero attached hydrogens (tertiary/aromatic N) is 1. The van der Waals surface area contributed by atoms with Gasteiger partial charge in [-0.3, -0.25) is 5.32 Å². The van der Waals surface area contributed by atoms with Crippen LogP contribution in [-0.4, -0.2) is 19.8 Å². The number of nitrogens with one attached hydrogen (secondary N) is 1. The third-order valence-electron chi connectivity index (χ3n) is 4.22. The fourth-order valence-electron chi connectivity index (χ4n) is 2.83. The summed E-state index contributed by atoms with van der Waals surface area (Å²) < 4.78 is 6.08. The Morgan fingerprint density at radius 3 is 2.40 bits per heavy atom. The molecule has 0 saturated heterocycles. The molecular formula is C17H24N2O. The summed E-state index contributed by atoms with van der Waals surface area (Å²) in [5.74, 6) is 0. The van der Waals surface area contributed by atoms with E-state index in [4.69, 9.17) is 4.74 Å². The maximum atomic E-state index is 9.62. The average Bonchev–Trinajstić information content (AvgIpc) is 2.79. The smallest absolute Gasteiger partial charge is 0.155 e. The maximum Gasteiger partial charge on any atom is 0.155 e. The van der Waals surface area contributed by atoms with Crippen LogP contribution in [0, 0.1) is 11.3 Å². The van der Waals surface area contributed by atoms with Crippen molar-refractivity contribution in [2.45, 2.75) is 50.2 Å². The molecule has 1 aliphatic rings. The van der Waals surface area contributed by atoms with Crippen LogP contribution in [0.4, 0.5) is 0 Å². The van der Waals surface area contributed by atoms with E-state index in [0.29, 0.717) is 12.7 Å². The lowest BCUT2D eigenvalue weighted by Crippen LogP contribution is -2.44. The molecule has 1 fully saturated rings. The zero-order valence-corrected chi connectivity index (χ0v) is 12.3. The van der Waals surface area contributed by atoms with Gasteiger partial charge in [0.05, 0.1) is 18.8 Å². The second-order valence-electron chi connectivity index (χ2n) is 5.56. The van der Waals surface area contributed by atoms with Crippen molar-refractivity contribution < 1.29 is 4.74 Å². The number of likely N-dealkylation sites (N-methyl/N-ethyl adjacent to an activating group) is 1. The van der Waals surface area contributed by atoms with Gasteiger partial charge in [-0.15, -0.1) is 0 Å². The Kier molecular flexibility index (Phi) is 5.58. The minimum absolute atomic E-state index is 0.308. The predicted molar refractivity (Wildman–Crippen MR) is 80.2 cm³/mol. The second kappa shape index (κ2) is 7.42. The van der Waals surface area contributed by atoms with Gasteiger partial charge in [0.1, 0.15) is 0 Å². The Labute approximate surface area is 121 Å². The molecule has 3 heteroatoms. The summed E-state index contributed by atoms with van der Waals surface area (Å²) in [6, 6.07) is 12.3. The zero-order valence-electron chi connectivity index (χ0n) is 12.3. The van der Waals surface area contributed by atoms with E-state index in [0.717, 1.165) is 18.4 Å². The van der Waals surface area contributed by atoms with Crippen LogP contribution in [0.2, 0.25) is 0 Å². The Hall–Kier alpha value is -1.37. The Morgan fingerprint density at radius 2 is 1.85 bits per heavy atom. The monoisotopic (exact) mass is 272 g/mol. The third kappa shape index (κ3) is 3.59. The highest BCUT2D eigenvalue weighted by Crippen LogP contribution is 2.25. The van der Waals surface area contributed by atoms with Crippen LogP contribution in [0.3, 0.4) is 0 Å². The fraction of sp³-hybridized carbons (Fsp3) is 0.588. The highest BCUT2D eigenvalue weighted by Gasteiger charge is 2.32. The molecule has 0 amide bonds. The first-order chi connectivity index (χ1) is 9.80. The van der Waals surface area contributed by atoms with Crippen LogP contribution < -0.4 is 5.32 Å². The van der Waals surface area contributed by atoms with E-state index >= 15 is 0 Å². The molecule has 1 saturated carbocycles. The van der Waals surface area contributed by atoms with Gasteiger partial charge >= 0.3 is 0 Å². The summed E-state index contributed by atoms with van der Waals surface area (Å²) in [4.78, 5) is 0. The Balaban J connectivity index is 2.04. The zero-order chi connectivity index (χ0) is 14.3. The first-order valence-electron chi connectivity index (χ1n) is 7.58. The molecule has 3 nitrogen and oxygen atoms in total. The van der Waals surface area contributed by atoms with E-state index in [1.807, 2.05) is 37.4 Å². The molecule has 0 spiro atoms. The normalized spacial score (nSPS) is 19.8. The minimum Gasteiger partial charge on any atom is -0.375 e. The largest absolute Gasteiger partial charge is 0.375 e. The third-order valence-corrected chi connectivity index (χ3v) is 4.22. The Bertz CT molecular complexity index is 432. The van der Waals surface area contributed by atoms with Crippen molar-refractivity contribution in [1.82, 2.24) is 5.32 Å². The fourth-order valence-corrected chi connectivity index (χ4v) is 2.83. The molecule has 0 radical (unpaired) electrons. The van der Waals surface area contributed by atoms with E-state index in [9.17, 15) is 5.26 Å². The van der Waals surface area contributed by atoms with Crippen LogP contribution in [0.1, 0.15) is 44.1 Å². The summed E-state index contributed by atoms with van der Waals surface area (Å²) in [5.41, 5.74) is 0.228. The van der Waals surface area contributed by atoms with Crippen molar-refractivity contribution >= 4 is 0 Å². The number of rotatable bonds is 5. The Morgan fingerprint density at radius 1 is 1.20 bits per heavy atom. The van der Waals surface area contributed by atoms with Crippen molar-refractivity contribution in [3.05, 3.63) is 35.9 Å². The van der Waals surface area contributed by atoms with E-state index in [2.05, 4.69) is 11.4 Å². The van der Waals surface area contributed by atoms with Gasteiger partial charge in [-0.2, -0.15) is 5.26 Å². The van der Waals surface area contributed by atoms with Gasteiger partial charge in [0, 0.05) is 0 Å². The number of hydrogen-bond donors (Lipinski definition) is 1. The first kappa shape index (κ1) is 15.0. The second-order valence-corrected chi connectivity index (χ2v) is 5.56. The average molecular weight is 272 g/mol. The molecular weight excluding hydrogens is 248 g/mol. The van der Waals surface area contributed by atoms with Crippen molar-refractivity contribution in [3.63, 3.8) is 0 Å². The summed E-state index contributed by atoms with van der Waals surface area (Å²) in [6.07, 6.45) is 7.67. The van der Waals surface area contributed by atoms with Crippen molar-refractivity contribution in [2.24, 2.45) is 0 Å². The lowest BCUT2D eigenvalue weighted by atomic mass is 9.92. The highest BCUT2D eigenvalue weighted by atomic mass is 16.5. The molecule has 1 aliphatic carbocycles. The van der Waals surface area contributed by atoms with Gasteiger partial charge in [-0.25, -0.2) is 0 Å². The van der Waals surface area contributed by atoms with Crippen molar-refractivity contribution in [3.8, 4) is 6.07 Å². The highest BCUT2D eigenvalue weighted by molar-refractivity contribution is 5.31. The molecule has 0 aromatic heterocycles. The summed E-state index contributed by atoms with van der Waals surface area (Å²) in [6.45, 7) is 0.411. The molecule has 0 bridgehead atoms. The van der Waals surface area contributed by atoms with E-state index in [1.165, 1.54) is 25.7 Å². The van der Waals surface area contributed by atoms with Crippen LogP contribution >= 0.6 is 0 Å². The molecule has 1 unspecified atom stereocenters. The first-order valence-corrected chi connectivity index (χ1v) is 7.58. The molecule has 1 aromatic carbocycles. The molecule has 1 N–H and O–H groups in total. The van der Waals surface area contributed by atoms with Crippen molar-refractivity contribution in [2.75, 3.05) is 13.7 Å². The molecule has 0 aliphatic heterocycles. The molecule has 1 aromatic rings. The van der Waals surface area contributed by atoms with Gasteiger partial charge in [0.15, 0.2) is 5.54 Å². The van der Waals surface area contributed by atoms with Gasteiger partial charge in [-0.05, 0) is 25.5 Å². The lowest BCUT2D eigenvalue weighted by Gasteiger charge is -2.28. The predicted octanol–water partition coefficient (Wildman–Crippen LogP) is 3.36. The van der Waals surface area contributed by atoms with E-state index < -0.39 is 5.54 Å². The number of ether oxygens (including phenoxy) is 1. The molecule has 20 heavy (non-hydrogen) atoms. The summed E-state index contributed by atoms with van der Waals surface area (Å²) >= 11 is 0.